The van der Waals surface area contributed by atoms with Crippen LogP contribution in [0.5, 0.6) is 0 Å². The Labute approximate surface area is 142 Å². The minimum absolute atomic E-state index is 0.00756. The number of esters is 1. The maximum Gasteiger partial charge on any atom is 0.305 e. The molecule has 1 aliphatic heterocycles. The van der Waals surface area contributed by atoms with Gasteiger partial charge in [-0.25, -0.2) is 0 Å². The standard InChI is InChI=1S/C18H26N2O4/c1-23-13-18(9-11-19-12-10-18)17(22)20-15-6-3-14(4-7-15)5-8-16(21)24-2/h3-4,6-7,19H,5,8-13H2,1-2H3,(H,20,22). The molecule has 0 aliphatic carbocycles. The van der Waals surface area contributed by atoms with Crippen molar-refractivity contribution in [3.05, 3.63) is 29.8 Å². The van der Waals surface area contributed by atoms with Gasteiger partial charge in [-0.05, 0) is 50.0 Å². The second-order valence-electron chi connectivity index (χ2n) is 6.19. The highest BCUT2D eigenvalue weighted by Crippen LogP contribution is 2.31. The number of ether oxygens (including phenoxy) is 2. The van der Waals surface area contributed by atoms with Crippen molar-refractivity contribution in [2.45, 2.75) is 25.7 Å². The highest BCUT2D eigenvalue weighted by molar-refractivity contribution is 5.95. The topological polar surface area (TPSA) is 76.7 Å². The van der Waals surface area contributed by atoms with E-state index in [1.54, 1.807) is 7.11 Å². The van der Waals surface area contributed by atoms with Crippen LogP contribution in [-0.4, -0.2) is 45.8 Å². The van der Waals surface area contributed by atoms with Crippen molar-refractivity contribution in [1.29, 1.82) is 0 Å². The molecule has 0 spiro atoms. The molecule has 24 heavy (non-hydrogen) atoms. The summed E-state index contributed by atoms with van der Waals surface area (Å²) in [6.45, 7) is 2.07. The Morgan fingerprint density at radius 3 is 2.42 bits per heavy atom. The van der Waals surface area contributed by atoms with Crippen molar-refractivity contribution in [3.8, 4) is 0 Å². The van der Waals surface area contributed by atoms with Gasteiger partial charge in [-0.1, -0.05) is 12.1 Å². The molecule has 0 atom stereocenters. The number of aryl methyl sites for hydroxylation is 1. The van der Waals surface area contributed by atoms with E-state index < -0.39 is 5.41 Å². The number of hydrogen-bond donors (Lipinski definition) is 2. The van der Waals surface area contributed by atoms with Crippen LogP contribution in [0.15, 0.2) is 24.3 Å². The molecule has 2 rings (SSSR count). The highest BCUT2D eigenvalue weighted by atomic mass is 16.5. The zero-order valence-electron chi connectivity index (χ0n) is 14.4. The van der Waals surface area contributed by atoms with Gasteiger partial charge in [0.05, 0.1) is 19.1 Å². The third kappa shape index (κ3) is 4.79. The number of benzene rings is 1. The molecular formula is C18H26N2O4. The van der Waals surface area contributed by atoms with Crippen molar-refractivity contribution >= 4 is 17.6 Å². The fraction of sp³-hybridized carbons (Fsp3) is 0.556. The zero-order valence-corrected chi connectivity index (χ0v) is 14.4. The van der Waals surface area contributed by atoms with Gasteiger partial charge in [-0.3, -0.25) is 9.59 Å². The summed E-state index contributed by atoms with van der Waals surface area (Å²) in [5.41, 5.74) is 1.33. The molecule has 0 aromatic heterocycles. The molecule has 1 aromatic rings. The largest absolute Gasteiger partial charge is 0.469 e. The van der Waals surface area contributed by atoms with Crippen LogP contribution in [-0.2, 0) is 25.5 Å². The average Bonchev–Trinajstić information content (AvgIpc) is 2.61. The first-order chi connectivity index (χ1) is 11.6. The normalized spacial score (nSPS) is 16.4. The quantitative estimate of drug-likeness (QED) is 0.743. The monoisotopic (exact) mass is 334 g/mol. The lowest BCUT2D eigenvalue weighted by Crippen LogP contribution is -2.47. The predicted octanol–water partition coefficient (Wildman–Crippen LogP) is 1.75. The van der Waals surface area contributed by atoms with E-state index in [0.717, 1.165) is 37.2 Å². The van der Waals surface area contributed by atoms with Crippen LogP contribution in [0.4, 0.5) is 5.69 Å². The Morgan fingerprint density at radius 2 is 1.83 bits per heavy atom. The molecule has 1 heterocycles. The fourth-order valence-electron chi connectivity index (χ4n) is 2.99. The van der Waals surface area contributed by atoms with Crippen LogP contribution in [0.2, 0.25) is 0 Å². The van der Waals surface area contributed by atoms with Gasteiger partial charge in [-0.2, -0.15) is 0 Å². The summed E-state index contributed by atoms with van der Waals surface area (Å²) in [4.78, 5) is 23.9. The van der Waals surface area contributed by atoms with Gasteiger partial charge >= 0.3 is 5.97 Å². The number of rotatable bonds is 7. The first-order valence-corrected chi connectivity index (χ1v) is 8.26. The molecule has 6 heteroatoms. The lowest BCUT2D eigenvalue weighted by atomic mass is 9.78. The summed E-state index contributed by atoms with van der Waals surface area (Å²) in [7, 11) is 3.02. The molecule has 0 saturated carbocycles. The van der Waals surface area contributed by atoms with Crippen LogP contribution >= 0.6 is 0 Å². The number of anilines is 1. The Kier molecular flexibility index (Phi) is 6.75. The minimum Gasteiger partial charge on any atom is -0.469 e. The third-order valence-corrected chi connectivity index (χ3v) is 4.52. The first kappa shape index (κ1) is 18.4. The molecule has 6 nitrogen and oxygen atoms in total. The number of piperidine rings is 1. The summed E-state index contributed by atoms with van der Waals surface area (Å²) >= 11 is 0. The van der Waals surface area contributed by atoms with Gasteiger partial charge in [0.15, 0.2) is 0 Å². The molecule has 0 unspecified atom stereocenters. The smallest absolute Gasteiger partial charge is 0.305 e. The Bertz CT molecular complexity index is 545. The number of amides is 1. The summed E-state index contributed by atoms with van der Waals surface area (Å²) in [5, 5.41) is 6.28. The molecule has 1 fully saturated rings. The summed E-state index contributed by atoms with van der Waals surface area (Å²) in [6.07, 6.45) is 2.51. The number of hydrogen-bond acceptors (Lipinski definition) is 5. The maximum absolute atomic E-state index is 12.7. The molecule has 1 aromatic carbocycles. The molecule has 1 amide bonds. The minimum atomic E-state index is -0.469. The molecule has 1 aliphatic rings. The summed E-state index contributed by atoms with van der Waals surface area (Å²) < 4.78 is 9.93. The lowest BCUT2D eigenvalue weighted by Gasteiger charge is -2.35. The summed E-state index contributed by atoms with van der Waals surface area (Å²) in [6, 6.07) is 7.58. The predicted molar refractivity (Wildman–Crippen MR) is 91.8 cm³/mol. The van der Waals surface area contributed by atoms with Gasteiger partial charge in [-0.15, -0.1) is 0 Å². The van der Waals surface area contributed by atoms with Crippen LogP contribution in [0, 0.1) is 5.41 Å². The van der Waals surface area contributed by atoms with E-state index in [0.29, 0.717) is 19.4 Å². The second-order valence-corrected chi connectivity index (χ2v) is 6.19. The van der Waals surface area contributed by atoms with Gasteiger partial charge in [0.25, 0.3) is 0 Å². The van der Waals surface area contributed by atoms with E-state index in [4.69, 9.17) is 4.74 Å². The Morgan fingerprint density at radius 1 is 1.17 bits per heavy atom. The van der Waals surface area contributed by atoms with E-state index in [2.05, 4.69) is 15.4 Å². The third-order valence-electron chi connectivity index (χ3n) is 4.52. The molecule has 1 saturated heterocycles. The van der Waals surface area contributed by atoms with Crippen LogP contribution in [0.1, 0.15) is 24.8 Å². The highest BCUT2D eigenvalue weighted by Gasteiger charge is 2.39. The van der Waals surface area contributed by atoms with Crippen LogP contribution in [0.3, 0.4) is 0 Å². The van der Waals surface area contributed by atoms with Gasteiger partial charge in [0, 0.05) is 19.2 Å². The maximum atomic E-state index is 12.7. The first-order valence-electron chi connectivity index (χ1n) is 8.26. The Balaban J connectivity index is 1.96. The van der Waals surface area contributed by atoms with Crippen molar-refractivity contribution < 1.29 is 19.1 Å². The number of carbonyl (C=O) groups is 2. The van der Waals surface area contributed by atoms with Crippen molar-refractivity contribution in [2.24, 2.45) is 5.41 Å². The zero-order chi connectivity index (χ0) is 17.4. The Hall–Kier alpha value is -1.92. The lowest BCUT2D eigenvalue weighted by molar-refractivity contribution is -0.140. The van der Waals surface area contributed by atoms with Crippen LogP contribution < -0.4 is 10.6 Å². The number of nitrogens with one attached hydrogen (secondary N) is 2. The van der Waals surface area contributed by atoms with Crippen molar-refractivity contribution in [3.63, 3.8) is 0 Å². The van der Waals surface area contributed by atoms with Gasteiger partial charge in [0.1, 0.15) is 0 Å². The summed E-state index contributed by atoms with van der Waals surface area (Å²) in [5.74, 6) is -0.215. The molecule has 0 radical (unpaired) electrons. The van der Waals surface area contributed by atoms with E-state index >= 15 is 0 Å². The van der Waals surface area contributed by atoms with E-state index in [1.807, 2.05) is 24.3 Å². The van der Waals surface area contributed by atoms with Gasteiger partial charge in [0.2, 0.25) is 5.91 Å². The molecular weight excluding hydrogens is 308 g/mol. The van der Waals surface area contributed by atoms with Crippen LogP contribution in [0.25, 0.3) is 0 Å². The number of carbonyl (C=O) groups excluding carboxylic acids is 2. The van der Waals surface area contributed by atoms with Crippen molar-refractivity contribution in [1.82, 2.24) is 5.32 Å². The van der Waals surface area contributed by atoms with E-state index in [1.165, 1.54) is 7.11 Å². The van der Waals surface area contributed by atoms with Gasteiger partial charge < -0.3 is 20.1 Å². The second kappa shape index (κ2) is 8.80. The average molecular weight is 334 g/mol. The SMILES string of the molecule is COCC1(C(=O)Nc2ccc(CCC(=O)OC)cc2)CCNCC1. The van der Waals surface area contributed by atoms with E-state index in [-0.39, 0.29) is 11.9 Å². The van der Waals surface area contributed by atoms with E-state index in [9.17, 15) is 9.59 Å². The molecule has 0 bridgehead atoms. The molecule has 132 valence electrons. The molecule has 2 N–H and O–H groups in total. The number of methoxy groups -OCH3 is 2. The van der Waals surface area contributed by atoms with Crippen molar-refractivity contribution in [2.75, 3.05) is 39.2 Å². The fourth-order valence-corrected chi connectivity index (χ4v) is 2.99.